The molecule has 5 nitrogen and oxygen atoms in total. The van der Waals surface area contributed by atoms with Crippen molar-refractivity contribution < 1.29 is 14.9 Å². The summed E-state index contributed by atoms with van der Waals surface area (Å²) >= 11 is 0. The molecule has 0 fully saturated rings. The zero-order chi connectivity index (χ0) is 13.9. The Labute approximate surface area is 111 Å². The zero-order valence-corrected chi connectivity index (χ0v) is 11.1. The maximum atomic E-state index is 9.34. The molecule has 0 unspecified atom stereocenters. The first-order valence-electron chi connectivity index (χ1n) is 6.04. The molecule has 0 aliphatic heterocycles. The van der Waals surface area contributed by atoms with Crippen LogP contribution in [0.25, 0.3) is 10.8 Å². The molecule has 2 rings (SSSR count). The highest BCUT2D eigenvalue weighted by atomic mass is 16.5. The number of hydrogen-bond acceptors (Lipinski definition) is 5. The van der Waals surface area contributed by atoms with Crippen LogP contribution in [-0.4, -0.2) is 41.1 Å². The van der Waals surface area contributed by atoms with Crippen molar-refractivity contribution in [1.29, 1.82) is 0 Å². The first-order valence-corrected chi connectivity index (χ1v) is 6.04. The van der Waals surface area contributed by atoms with E-state index in [9.17, 15) is 10.2 Å². The molecule has 0 aliphatic carbocycles. The van der Waals surface area contributed by atoms with Gasteiger partial charge in [0.2, 0.25) is 0 Å². The molecule has 1 aromatic carbocycles. The van der Waals surface area contributed by atoms with Crippen LogP contribution in [0.1, 0.15) is 6.92 Å². The van der Waals surface area contributed by atoms with Gasteiger partial charge in [-0.15, -0.1) is 0 Å². The monoisotopic (exact) mass is 262 g/mol. The Morgan fingerprint density at radius 1 is 1.26 bits per heavy atom. The molecule has 0 aliphatic rings. The Morgan fingerprint density at radius 3 is 2.63 bits per heavy atom. The number of methoxy groups -OCH3 is 1. The number of nitrogens with one attached hydrogen (secondary N) is 1. The maximum absolute atomic E-state index is 9.34. The molecule has 2 aromatic rings. The van der Waals surface area contributed by atoms with E-state index in [0.29, 0.717) is 5.82 Å². The Balaban J connectivity index is 2.47. The molecule has 0 saturated carbocycles. The van der Waals surface area contributed by atoms with Crippen molar-refractivity contribution in [3.05, 3.63) is 30.5 Å². The summed E-state index contributed by atoms with van der Waals surface area (Å²) in [5, 5.41) is 23.7. The van der Waals surface area contributed by atoms with Crippen molar-refractivity contribution in [1.82, 2.24) is 4.98 Å². The van der Waals surface area contributed by atoms with Gasteiger partial charge in [-0.1, -0.05) is 6.07 Å². The number of fused-ring (bicyclic) bond motifs is 1. The average molecular weight is 262 g/mol. The van der Waals surface area contributed by atoms with Crippen molar-refractivity contribution in [2.75, 3.05) is 25.6 Å². The standard InChI is InChI=1S/C14H18N2O3/c1-14(8-17,9-18)16-13-12-7-11(19-2)4-3-10(12)5-6-15-13/h3-7,17-18H,8-9H2,1-2H3,(H,15,16). The zero-order valence-electron chi connectivity index (χ0n) is 11.1. The number of aliphatic hydroxyl groups excluding tert-OH is 2. The van der Waals surface area contributed by atoms with Crippen molar-refractivity contribution in [2.45, 2.75) is 12.5 Å². The highest BCUT2D eigenvalue weighted by Crippen LogP contribution is 2.27. The topological polar surface area (TPSA) is 74.6 Å². The third-order valence-corrected chi connectivity index (χ3v) is 3.09. The minimum Gasteiger partial charge on any atom is -0.497 e. The summed E-state index contributed by atoms with van der Waals surface area (Å²) in [6, 6.07) is 7.59. The van der Waals surface area contributed by atoms with Gasteiger partial charge in [0.15, 0.2) is 0 Å². The van der Waals surface area contributed by atoms with E-state index >= 15 is 0 Å². The molecule has 3 N–H and O–H groups in total. The van der Waals surface area contributed by atoms with Crippen LogP contribution in [0.3, 0.4) is 0 Å². The van der Waals surface area contributed by atoms with Gasteiger partial charge >= 0.3 is 0 Å². The number of hydrogen-bond donors (Lipinski definition) is 3. The van der Waals surface area contributed by atoms with Gasteiger partial charge in [-0.25, -0.2) is 4.98 Å². The average Bonchev–Trinajstić information content (AvgIpc) is 2.47. The second-order valence-corrected chi connectivity index (χ2v) is 4.75. The van der Waals surface area contributed by atoms with Crippen LogP contribution >= 0.6 is 0 Å². The summed E-state index contributed by atoms with van der Waals surface area (Å²) in [6.07, 6.45) is 1.69. The maximum Gasteiger partial charge on any atom is 0.134 e. The summed E-state index contributed by atoms with van der Waals surface area (Å²) in [4.78, 5) is 4.27. The molecule has 0 bridgehead atoms. The molecule has 5 heteroatoms. The number of pyridine rings is 1. The van der Waals surface area contributed by atoms with Crippen LogP contribution < -0.4 is 10.1 Å². The predicted octanol–water partition coefficient (Wildman–Crippen LogP) is 1.40. The van der Waals surface area contributed by atoms with E-state index in [1.165, 1.54) is 0 Å². The normalized spacial score (nSPS) is 11.6. The van der Waals surface area contributed by atoms with Gasteiger partial charge in [-0.3, -0.25) is 0 Å². The molecule has 1 heterocycles. The number of anilines is 1. The van der Waals surface area contributed by atoms with Gasteiger partial charge in [0.25, 0.3) is 0 Å². The third kappa shape index (κ3) is 2.77. The van der Waals surface area contributed by atoms with Crippen LogP contribution in [0.5, 0.6) is 5.75 Å². The Hall–Kier alpha value is -1.85. The van der Waals surface area contributed by atoms with Crippen LogP contribution in [0, 0.1) is 0 Å². The lowest BCUT2D eigenvalue weighted by molar-refractivity contribution is 0.147. The van der Waals surface area contributed by atoms with Crippen LogP contribution in [0.2, 0.25) is 0 Å². The highest BCUT2D eigenvalue weighted by Gasteiger charge is 2.23. The van der Waals surface area contributed by atoms with Crippen molar-refractivity contribution in [3.8, 4) is 5.75 Å². The van der Waals surface area contributed by atoms with Gasteiger partial charge in [0, 0.05) is 11.6 Å². The van der Waals surface area contributed by atoms with Gasteiger partial charge in [-0.05, 0) is 30.5 Å². The second kappa shape index (κ2) is 5.42. The lowest BCUT2D eigenvalue weighted by Crippen LogP contribution is -2.42. The van der Waals surface area contributed by atoms with Gasteiger partial charge in [0.1, 0.15) is 11.6 Å². The summed E-state index contributed by atoms with van der Waals surface area (Å²) in [6.45, 7) is 1.35. The highest BCUT2D eigenvalue weighted by molar-refractivity contribution is 5.93. The number of aromatic nitrogens is 1. The molecule has 102 valence electrons. The van der Waals surface area contributed by atoms with Gasteiger partial charge in [-0.2, -0.15) is 0 Å². The van der Waals surface area contributed by atoms with Crippen molar-refractivity contribution >= 4 is 16.6 Å². The summed E-state index contributed by atoms with van der Waals surface area (Å²) in [7, 11) is 1.61. The number of ether oxygens (including phenoxy) is 1. The fourth-order valence-corrected chi connectivity index (χ4v) is 1.79. The minimum absolute atomic E-state index is 0.189. The fraction of sp³-hybridized carbons (Fsp3) is 0.357. The molecule has 0 radical (unpaired) electrons. The Morgan fingerprint density at radius 2 is 2.00 bits per heavy atom. The second-order valence-electron chi connectivity index (χ2n) is 4.75. The molecule has 19 heavy (non-hydrogen) atoms. The molecule has 0 spiro atoms. The van der Waals surface area contributed by atoms with E-state index in [4.69, 9.17) is 4.74 Å². The Kier molecular flexibility index (Phi) is 3.87. The summed E-state index contributed by atoms with van der Waals surface area (Å²) < 4.78 is 5.21. The van der Waals surface area contributed by atoms with Crippen LogP contribution in [-0.2, 0) is 0 Å². The van der Waals surface area contributed by atoms with Gasteiger partial charge in [0.05, 0.1) is 25.9 Å². The van der Waals surface area contributed by atoms with E-state index in [2.05, 4.69) is 10.3 Å². The smallest absolute Gasteiger partial charge is 0.134 e. The molecular weight excluding hydrogens is 244 g/mol. The summed E-state index contributed by atoms with van der Waals surface area (Å²) in [5.41, 5.74) is -0.815. The quantitative estimate of drug-likeness (QED) is 0.759. The minimum atomic E-state index is -0.815. The number of nitrogens with zero attached hydrogens (tertiary/aromatic N) is 1. The van der Waals surface area contributed by atoms with E-state index in [1.54, 1.807) is 20.2 Å². The van der Waals surface area contributed by atoms with Crippen LogP contribution in [0.15, 0.2) is 30.5 Å². The van der Waals surface area contributed by atoms with E-state index in [-0.39, 0.29) is 13.2 Å². The number of rotatable bonds is 5. The number of aliphatic hydroxyl groups is 2. The molecule has 1 aromatic heterocycles. The fourth-order valence-electron chi connectivity index (χ4n) is 1.79. The number of benzene rings is 1. The SMILES string of the molecule is COc1ccc2ccnc(NC(C)(CO)CO)c2c1. The van der Waals surface area contributed by atoms with Crippen LogP contribution in [0.4, 0.5) is 5.82 Å². The third-order valence-electron chi connectivity index (χ3n) is 3.09. The predicted molar refractivity (Wildman–Crippen MR) is 74.5 cm³/mol. The first kappa shape index (κ1) is 13.6. The lowest BCUT2D eigenvalue weighted by atomic mass is 10.0. The Bertz CT molecular complexity index is 568. The van der Waals surface area contributed by atoms with Crippen molar-refractivity contribution in [3.63, 3.8) is 0 Å². The van der Waals surface area contributed by atoms with Gasteiger partial charge < -0.3 is 20.3 Å². The largest absolute Gasteiger partial charge is 0.497 e. The molecule has 0 amide bonds. The summed E-state index contributed by atoms with van der Waals surface area (Å²) in [5.74, 6) is 1.35. The first-order chi connectivity index (χ1) is 9.11. The van der Waals surface area contributed by atoms with Crippen molar-refractivity contribution in [2.24, 2.45) is 0 Å². The van der Waals surface area contributed by atoms with E-state index in [0.717, 1.165) is 16.5 Å². The molecule has 0 atom stereocenters. The van der Waals surface area contributed by atoms with E-state index < -0.39 is 5.54 Å². The molecular formula is C14H18N2O3. The van der Waals surface area contributed by atoms with E-state index in [1.807, 2.05) is 24.3 Å². The molecule has 0 saturated heterocycles. The lowest BCUT2D eigenvalue weighted by Gasteiger charge is -2.27.